The van der Waals surface area contributed by atoms with Gasteiger partial charge in [0.1, 0.15) is 11.8 Å². The summed E-state index contributed by atoms with van der Waals surface area (Å²) < 4.78 is 50.2. The molecule has 33 heavy (non-hydrogen) atoms. The van der Waals surface area contributed by atoms with E-state index in [1.165, 1.54) is 19.2 Å². The number of methoxy groups -OCH3 is 2. The lowest BCUT2D eigenvalue weighted by molar-refractivity contribution is -0.146. The first kappa shape index (κ1) is 24.6. The molecule has 0 aliphatic carbocycles. The zero-order chi connectivity index (χ0) is 24.3. The molecule has 2 aromatic carbocycles. The Kier molecular flexibility index (Phi) is 7.31. The molecule has 3 rings (SSSR count). The van der Waals surface area contributed by atoms with Crippen molar-refractivity contribution >= 4 is 11.9 Å². The number of nitrogens with one attached hydrogen (secondary N) is 1. The van der Waals surface area contributed by atoms with Crippen molar-refractivity contribution in [2.45, 2.75) is 45.1 Å². The van der Waals surface area contributed by atoms with Crippen molar-refractivity contribution in [1.29, 1.82) is 0 Å². The first-order valence-electron chi connectivity index (χ1n) is 10.5. The van der Waals surface area contributed by atoms with E-state index < -0.39 is 41.3 Å². The standard InChI is InChI=1S/C24H27F3N2O4/c1-14-10-21(32-3)15(2)9-16(14)12-29-13-17(11-20(29)23(31)33-4)28-22(30)18-7-5-6-8-19(18)24(25,26)27/h5-10,17,20H,11-13H2,1-4H3,(H,28,30)/t17-,20+/m1/s1. The lowest BCUT2D eigenvalue weighted by atomic mass is 10.0. The predicted molar refractivity (Wildman–Crippen MR) is 116 cm³/mol. The Bertz CT molecular complexity index is 1040. The van der Waals surface area contributed by atoms with E-state index in [0.29, 0.717) is 13.1 Å². The highest BCUT2D eigenvalue weighted by atomic mass is 19.4. The fraction of sp³-hybridized carbons (Fsp3) is 0.417. The van der Waals surface area contributed by atoms with Gasteiger partial charge in [-0.1, -0.05) is 18.2 Å². The monoisotopic (exact) mass is 464 g/mol. The summed E-state index contributed by atoms with van der Waals surface area (Å²) in [5.74, 6) is -0.518. The Morgan fingerprint density at radius 2 is 1.82 bits per heavy atom. The molecule has 0 saturated carbocycles. The highest BCUT2D eigenvalue weighted by Gasteiger charge is 2.40. The quantitative estimate of drug-likeness (QED) is 0.658. The number of hydrogen-bond donors (Lipinski definition) is 1. The van der Waals surface area contributed by atoms with Crippen LogP contribution in [0.3, 0.4) is 0 Å². The van der Waals surface area contributed by atoms with Gasteiger partial charge < -0.3 is 14.8 Å². The Morgan fingerprint density at radius 1 is 1.12 bits per heavy atom. The van der Waals surface area contributed by atoms with E-state index in [-0.39, 0.29) is 6.42 Å². The Morgan fingerprint density at radius 3 is 2.45 bits per heavy atom. The number of nitrogens with zero attached hydrogens (tertiary/aromatic N) is 1. The Labute approximate surface area is 190 Å². The third-order valence-corrected chi connectivity index (χ3v) is 5.92. The zero-order valence-corrected chi connectivity index (χ0v) is 19.0. The molecule has 178 valence electrons. The topological polar surface area (TPSA) is 67.9 Å². The summed E-state index contributed by atoms with van der Waals surface area (Å²) in [4.78, 5) is 27.0. The Balaban J connectivity index is 1.80. The van der Waals surface area contributed by atoms with Crippen LogP contribution in [0.15, 0.2) is 36.4 Å². The van der Waals surface area contributed by atoms with Gasteiger partial charge in [0.05, 0.1) is 25.3 Å². The maximum Gasteiger partial charge on any atom is 0.417 e. The number of rotatable bonds is 6. The van der Waals surface area contributed by atoms with Gasteiger partial charge in [-0.05, 0) is 55.2 Å². The van der Waals surface area contributed by atoms with E-state index in [0.717, 1.165) is 34.6 Å². The molecule has 0 radical (unpaired) electrons. The van der Waals surface area contributed by atoms with Gasteiger partial charge in [-0.2, -0.15) is 13.2 Å². The van der Waals surface area contributed by atoms with E-state index in [2.05, 4.69) is 5.32 Å². The summed E-state index contributed by atoms with van der Waals surface area (Å²) in [7, 11) is 2.88. The van der Waals surface area contributed by atoms with Crippen molar-refractivity contribution in [3.63, 3.8) is 0 Å². The lowest BCUT2D eigenvalue weighted by Crippen LogP contribution is -2.38. The first-order chi connectivity index (χ1) is 15.5. The second kappa shape index (κ2) is 9.82. The fourth-order valence-corrected chi connectivity index (χ4v) is 4.21. The molecule has 0 bridgehead atoms. The van der Waals surface area contributed by atoms with Crippen LogP contribution in [-0.4, -0.2) is 49.6 Å². The first-order valence-corrected chi connectivity index (χ1v) is 10.5. The van der Waals surface area contributed by atoms with Gasteiger partial charge in [0.2, 0.25) is 0 Å². The average Bonchev–Trinajstić information content (AvgIpc) is 3.16. The molecule has 1 saturated heterocycles. The minimum absolute atomic E-state index is 0.237. The van der Waals surface area contributed by atoms with Gasteiger partial charge in [0, 0.05) is 19.1 Å². The van der Waals surface area contributed by atoms with E-state index in [1.807, 2.05) is 30.9 Å². The molecule has 0 spiro atoms. The number of amides is 1. The van der Waals surface area contributed by atoms with Crippen LogP contribution < -0.4 is 10.1 Å². The fourth-order valence-electron chi connectivity index (χ4n) is 4.21. The number of aryl methyl sites for hydroxylation is 2. The number of carbonyl (C=O) groups excluding carboxylic acids is 2. The Hall–Kier alpha value is -3.07. The predicted octanol–water partition coefficient (Wildman–Crippen LogP) is 3.88. The number of halogens is 3. The van der Waals surface area contributed by atoms with Crippen molar-refractivity contribution in [2.75, 3.05) is 20.8 Å². The number of esters is 1. The molecular weight excluding hydrogens is 437 g/mol. The van der Waals surface area contributed by atoms with Gasteiger partial charge in [-0.25, -0.2) is 0 Å². The second-order valence-corrected chi connectivity index (χ2v) is 8.17. The molecule has 2 atom stereocenters. The number of benzene rings is 2. The third-order valence-electron chi connectivity index (χ3n) is 5.92. The highest BCUT2D eigenvalue weighted by molar-refractivity contribution is 5.96. The molecule has 1 fully saturated rings. The van der Waals surface area contributed by atoms with Crippen LogP contribution in [0, 0.1) is 13.8 Å². The number of likely N-dealkylation sites (tertiary alicyclic amines) is 1. The third kappa shape index (κ3) is 5.47. The summed E-state index contributed by atoms with van der Waals surface area (Å²) in [5.41, 5.74) is 1.47. The highest BCUT2D eigenvalue weighted by Crippen LogP contribution is 2.32. The van der Waals surface area contributed by atoms with Crippen LogP contribution in [0.25, 0.3) is 0 Å². The maximum absolute atomic E-state index is 13.3. The van der Waals surface area contributed by atoms with Crippen molar-refractivity contribution in [1.82, 2.24) is 10.2 Å². The molecule has 1 amide bonds. The summed E-state index contributed by atoms with van der Waals surface area (Å²) in [6, 6.07) is 7.41. The molecule has 9 heteroatoms. The van der Waals surface area contributed by atoms with Crippen LogP contribution in [0.1, 0.15) is 39.0 Å². The normalized spacial score (nSPS) is 18.8. The number of ether oxygens (including phenoxy) is 2. The van der Waals surface area contributed by atoms with Crippen LogP contribution in [0.2, 0.25) is 0 Å². The lowest BCUT2D eigenvalue weighted by Gasteiger charge is -2.23. The van der Waals surface area contributed by atoms with Gasteiger partial charge >= 0.3 is 12.1 Å². The molecule has 0 aromatic heterocycles. The van der Waals surface area contributed by atoms with Crippen molar-refractivity contribution in [2.24, 2.45) is 0 Å². The van der Waals surface area contributed by atoms with Crippen molar-refractivity contribution in [3.05, 3.63) is 64.2 Å². The minimum Gasteiger partial charge on any atom is -0.496 e. The smallest absolute Gasteiger partial charge is 0.417 e. The molecular formula is C24H27F3N2O4. The van der Waals surface area contributed by atoms with Crippen LogP contribution in [-0.2, 0) is 22.3 Å². The van der Waals surface area contributed by atoms with Crippen LogP contribution in [0.5, 0.6) is 5.75 Å². The zero-order valence-electron chi connectivity index (χ0n) is 19.0. The molecule has 2 aromatic rings. The van der Waals surface area contributed by atoms with E-state index >= 15 is 0 Å². The second-order valence-electron chi connectivity index (χ2n) is 8.17. The minimum atomic E-state index is -4.64. The van der Waals surface area contributed by atoms with E-state index in [4.69, 9.17) is 9.47 Å². The van der Waals surface area contributed by atoms with Crippen LogP contribution >= 0.6 is 0 Å². The molecule has 1 heterocycles. The number of carbonyl (C=O) groups is 2. The molecule has 0 unspecified atom stereocenters. The van der Waals surface area contributed by atoms with Gasteiger partial charge in [0.25, 0.3) is 5.91 Å². The summed E-state index contributed by atoms with van der Waals surface area (Å²) in [6.45, 7) is 4.57. The van der Waals surface area contributed by atoms with Crippen molar-refractivity contribution in [3.8, 4) is 5.75 Å². The summed E-state index contributed by atoms with van der Waals surface area (Å²) in [6.07, 6.45) is -4.41. The van der Waals surface area contributed by atoms with E-state index in [1.54, 1.807) is 7.11 Å². The van der Waals surface area contributed by atoms with Gasteiger partial charge in [-0.3, -0.25) is 14.5 Å². The van der Waals surface area contributed by atoms with Gasteiger partial charge in [-0.15, -0.1) is 0 Å². The van der Waals surface area contributed by atoms with Gasteiger partial charge in [0.15, 0.2) is 0 Å². The summed E-state index contributed by atoms with van der Waals surface area (Å²) in [5, 5.41) is 2.67. The average molecular weight is 464 g/mol. The van der Waals surface area contributed by atoms with Crippen LogP contribution in [0.4, 0.5) is 13.2 Å². The SMILES string of the molecule is COC(=O)[C@@H]1C[C@@H](NC(=O)c2ccccc2C(F)(F)F)CN1Cc1cc(C)c(OC)cc1C. The van der Waals surface area contributed by atoms with Crippen molar-refractivity contribution < 1.29 is 32.2 Å². The largest absolute Gasteiger partial charge is 0.496 e. The number of hydrogen-bond acceptors (Lipinski definition) is 5. The summed E-state index contributed by atoms with van der Waals surface area (Å²) >= 11 is 0. The molecule has 1 aliphatic heterocycles. The molecule has 1 aliphatic rings. The van der Waals surface area contributed by atoms with E-state index in [9.17, 15) is 22.8 Å². The molecule has 6 nitrogen and oxygen atoms in total. The maximum atomic E-state index is 13.3. The molecule has 1 N–H and O–H groups in total. The number of alkyl halides is 3.